The topological polar surface area (TPSA) is 88.9 Å². The first-order chi connectivity index (χ1) is 14.0. The predicted molar refractivity (Wildman–Crippen MR) is 103 cm³/mol. The van der Waals surface area contributed by atoms with Gasteiger partial charge in [-0.05, 0) is 30.7 Å². The van der Waals surface area contributed by atoms with Gasteiger partial charge in [-0.2, -0.15) is 5.10 Å². The summed E-state index contributed by atoms with van der Waals surface area (Å²) in [6.07, 6.45) is 3.23. The lowest BCUT2D eigenvalue weighted by molar-refractivity contribution is -0.116. The van der Waals surface area contributed by atoms with Crippen LogP contribution in [0.3, 0.4) is 0 Å². The van der Waals surface area contributed by atoms with Crippen molar-refractivity contribution in [3.8, 4) is 5.69 Å². The maximum absolute atomic E-state index is 13.6. The molecule has 29 heavy (non-hydrogen) atoms. The molecular weight excluding hydrogens is 404 g/mol. The molecule has 2 amide bonds. The average Bonchev–Trinajstić information content (AvgIpc) is 3.19. The van der Waals surface area contributed by atoms with Crippen LogP contribution in [0.5, 0.6) is 0 Å². The fraction of sp³-hybridized carbons (Fsp3) is 0.158. The number of nitrogens with zero attached hydrogens (tertiary/aromatic N) is 3. The van der Waals surface area contributed by atoms with Crippen LogP contribution in [0, 0.1) is 11.6 Å². The van der Waals surface area contributed by atoms with E-state index in [4.69, 9.17) is 11.6 Å². The average molecular weight is 420 g/mol. The smallest absolute Gasteiger partial charge is 0.254 e. The summed E-state index contributed by atoms with van der Waals surface area (Å²) in [6, 6.07) is 7.74. The van der Waals surface area contributed by atoms with Gasteiger partial charge in [0.1, 0.15) is 30.0 Å². The second kappa shape index (κ2) is 9.24. The van der Waals surface area contributed by atoms with E-state index in [1.165, 1.54) is 17.3 Å². The number of benzene rings is 2. The molecule has 0 saturated heterocycles. The third kappa shape index (κ3) is 5.14. The maximum Gasteiger partial charge on any atom is 0.254 e. The van der Waals surface area contributed by atoms with Crippen molar-refractivity contribution < 1.29 is 18.4 Å². The molecule has 0 aliphatic rings. The first-order valence-electron chi connectivity index (χ1n) is 8.62. The Morgan fingerprint density at radius 3 is 2.72 bits per heavy atom. The molecule has 0 aliphatic carbocycles. The van der Waals surface area contributed by atoms with Crippen LogP contribution in [0.25, 0.3) is 5.69 Å². The van der Waals surface area contributed by atoms with E-state index in [1.54, 1.807) is 18.2 Å². The standard InChI is InChI=1S/C19H16ClF2N5O2/c20-14-3-1-4-16(18(14)27-11-23-10-25-27)26-17(28)5-2-8-24-19(29)13-7-6-12(21)9-15(13)22/h1,3-4,6-7,9-11H,2,5,8H2,(H,24,29)(H,26,28). The van der Waals surface area contributed by atoms with Gasteiger partial charge in [-0.1, -0.05) is 17.7 Å². The summed E-state index contributed by atoms with van der Waals surface area (Å²) >= 11 is 6.21. The predicted octanol–water partition coefficient (Wildman–Crippen LogP) is 3.35. The van der Waals surface area contributed by atoms with Crippen molar-refractivity contribution in [2.45, 2.75) is 12.8 Å². The van der Waals surface area contributed by atoms with Gasteiger partial charge < -0.3 is 10.6 Å². The molecule has 3 aromatic rings. The number of carbonyl (C=O) groups is 2. The molecule has 0 bridgehead atoms. The molecule has 2 aromatic carbocycles. The van der Waals surface area contributed by atoms with Crippen molar-refractivity contribution in [1.29, 1.82) is 0 Å². The fourth-order valence-corrected chi connectivity index (χ4v) is 2.87. The van der Waals surface area contributed by atoms with Crippen molar-refractivity contribution in [3.05, 3.63) is 71.3 Å². The highest BCUT2D eigenvalue weighted by Gasteiger charge is 2.14. The van der Waals surface area contributed by atoms with Gasteiger partial charge in [-0.3, -0.25) is 9.59 Å². The van der Waals surface area contributed by atoms with E-state index in [0.717, 1.165) is 12.1 Å². The lowest BCUT2D eigenvalue weighted by atomic mass is 10.2. The molecule has 150 valence electrons. The van der Waals surface area contributed by atoms with E-state index in [1.807, 2.05) is 0 Å². The van der Waals surface area contributed by atoms with Crippen LogP contribution < -0.4 is 10.6 Å². The Hall–Kier alpha value is -3.33. The number of amides is 2. The summed E-state index contributed by atoms with van der Waals surface area (Å²) in [4.78, 5) is 28.0. The molecule has 0 saturated carbocycles. The van der Waals surface area contributed by atoms with Crippen molar-refractivity contribution in [2.24, 2.45) is 0 Å². The van der Waals surface area contributed by atoms with E-state index >= 15 is 0 Å². The van der Waals surface area contributed by atoms with Crippen molar-refractivity contribution in [2.75, 3.05) is 11.9 Å². The molecule has 0 radical (unpaired) electrons. The van der Waals surface area contributed by atoms with Gasteiger partial charge in [-0.25, -0.2) is 18.4 Å². The normalized spacial score (nSPS) is 10.6. The number of para-hydroxylation sites is 1. The van der Waals surface area contributed by atoms with E-state index in [2.05, 4.69) is 20.7 Å². The third-order valence-corrected chi connectivity index (χ3v) is 4.26. The zero-order chi connectivity index (χ0) is 20.8. The minimum absolute atomic E-state index is 0.107. The van der Waals surface area contributed by atoms with E-state index in [0.29, 0.717) is 28.9 Å². The highest BCUT2D eigenvalue weighted by Crippen LogP contribution is 2.27. The quantitative estimate of drug-likeness (QED) is 0.575. The third-order valence-electron chi connectivity index (χ3n) is 3.95. The fourth-order valence-electron chi connectivity index (χ4n) is 2.61. The number of rotatable bonds is 7. The van der Waals surface area contributed by atoms with Crippen LogP contribution in [-0.2, 0) is 4.79 Å². The molecule has 3 rings (SSSR count). The van der Waals surface area contributed by atoms with Crippen LogP contribution in [-0.4, -0.2) is 33.1 Å². The summed E-state index contributed by atoms with van der Waals surface area (Å²) < 4.78 is 27.9. The van der Waals surface area contributed by atoms with Crippen molar-refractivity contribution in [3.63, 3.8) is 0 Å². The highest BCUT2D eigenvalue weighted by molar-refractivity contribution is 6.33. The Morgan fingerprint density at radius 2 is 2.00 bits per heavy atom. The van der Waals surface area contributed by atoms with Crippen LogP contribution in [0.2, 0.25) is 5.02 Å². The largest absolute Gasteiger partial charge is 0.352 e. The SMILES string of the molecule is O=C(CCCNC(=O)c1ccc(F)cc1F)Nc1cccc(Cl)c1-n1cncn1. The van der Waals surface area contributed by atoms with Crippen molar-refractivity contribution >= 4 is 29.1 Å². The number of nitrogens with one attached hydrogen (secondary N) is 2. The number of hydrogen-bond donors (Lipinski definition) is 2. The Labute approximate surface area is 169 Å². The van der Waals surface area contributed by atoms with Gasteiger partial charge in [0.25, 0.3) is 5.91 Å². The maximum atomic E-state index is 13.6. The summed E-state index contributed by atoms with van der Waals surface area (Å²) in [7, 11) is 0. The highest BCUT2D eigenvalue weighted by atomic mass is 35.5. The first-order valence-corrected chi connectivity index (χ1v) is 9.00. The van der Waals surface area contributed by atoms with Crippen LogP contribution in [0.4, 0.5) is 14.5 Å². The molecule has 0 aliphatic heterocycles. The van der Waals surface area contributed by atoms with Crippen LogP contribution in [0.1, 0.15) is 23.2 Å². The van der Waals surface area contributed by atoms with Gasteiger partial charge in [0.15, 0.2) is 0 Å². The van der Waals surface area contributed by atoms with Gasteiger partial charge in [0.05, 0.1) is 16.3 Å². The summed E-state index contributed by atoms with van der Waals surface area (Å²) in [6.45, 7) is 0.147. The van der Waals surface area contributed by atoms with Crippen LogP contribution in [0.15, 0.2) is 49.1 Å². The number of anilines is 1. The van der Waals surface area contributed by atoms with Gasteiger partial charge in [-0.15, -0.1) is 0 Å². The van der Waals surface area contributed by atoms with Gasteiger partial charge in [0, 0.05) is 19.0 Å². The Morgan fingerprint density at radius 1 is 1.17 bits per heavy atom. The molecular formula is C19H16ClF2N5O2. The zero-order valence-electron chi connectivity index (χ0n) is 15.0. The molecule has 1 aromatic heterocycles. The molecule has 0 fully saturated rings. The number of carbonyl (C=O) groups excluding carboxylic acids is 2. The second-order valence-corrected chi connectivity index (χ2v) is 6.42. The first kappa shape index (κ1) is 20.4. The minimum atomic E-state index is -0.943. The van der Waals surface area contributed by atoms with Gasteiger partial charge >= 0.3 is 0 Å². The summed E-state index contributed by atoms with van der Waals surface area (Å²) in [5.41, 5.74) is 0.692. The van der Waals surface area contributed by atoms with E-state index < -0.39 is 17.5 Å². The Kier molecular flexibility index (Phi) is 6.50. The van der Waals surface area contributed by atoms with Crippen LogP contribution >= 0.6 is 11.6 Å². The summed E-state index contributed by atoms with van der Waals surface area (Å²) in [5, 5.41) is 9.66. The molecule has 0 spiro atoms. The Bertz CT molecular complexity index is 1030. The monoisotopic (exact) mass is 419 g/mol. The van der Waals surface area contributed by atoms with Crippen molar-refractivity contribution in [1.82, 2.24) is 20.1 Å². The molecule has 10 heteroatoms. The van der Waals surface area contributed by atoms with E-state index in [-0.39, 0.29) is 24.4 Å². The Balaban J connectivity index is 1.52. The molecule has 1 heterocycles. The second-order valence-electron chi connectivity index (χ2n) is 6.01. The molecule has 0 atom stereocenters. The summed E-state index contributed by atoms with van der Waals surface area (Å²) in [5.74, 6) is -2.68. The molecule has 7 nitrogen and oxygen atoms in total. The lowest BCUT2D eigenvalue weighted by Gasteiger charge is -2.12. The number of hydrogen-bond acceptors (Lipinski definition) is 4. The molecule has 2 N–H and O–H groups in total. The minimum Gasteiger partial charge on any atom is -0.352 e. The zero-order valence-corrected chi connectivity index (χ0v) is 15.8. The van der Waals surface area contributed by atoms with Gasteiger partial charge in [0.2, 0.25) is 5.91 Å². The molecule has 0 unspecified atom stereocenters. The number of aromatic nitrogens is 3. The number of halogens is 3. The van der Waals surface area contributed by atoms with E-state index in [9.17, 15) is 18.4 Å². The lowest BCUT2D eigenvalue weighted by Crippen LogP contribution is -2.26.